The van der Waals surface area contributed by atoms with Crippen LogP contribution in [-0.4, -0.2) is 17.6 Å². The Hall–Kier alpha value is -2.60. The van der Waals surface area contributed by atoms with E-state index >= 15 is 0 Å². The minimum atomic E-state index is -0.137. The van der Waals surface area contributed by atoms with Gasteiger partial charge in [0.2, 0.25) is 5.91 Å². The average Bonchev–Trinajstić information content (AvgIpc) is 2.64. The SMILES string of the molecule is Cc1cccc(OCCCC(=O)NNC(=S)Nc2ccc(C(C)C)cc2)c1. The van der Waals surface area contributed by atoms with Crippen LogP contribution in [0.2, 0.25) is 0 Å². The van der Waals surface area contributed by atoms with Gasteiger partial charge in [0, 0.05) is 12.1 Å². The van der Waals surface area contributed by atoms with Gasteiger partial charge < -0.3 is 10.1 Å². The van der Waals surface area contributed by atoms with Crippen LogP contribution in [0.5, 0.6) is 5.75 Å². The molecule has 1 amide bonds. The maximum atomic E-state index is 11.9. The second-order valence-electron chi connectivity index (χ2n) is 6.67. The van der Waals surface area contributed by atoms with Crippen molar-refractivity contribution in [2.24, 2.45) is 0 Å². The molecule has 27 heavy (non-hydrogen) atoms. The summed E-state index contributed by atoms with van der Waals surface area (Å²) < 4.78 is 5.63. The number of thiocarbonyl (C=S) groups is 1. The molecular formula is C21H27N3O2S. The Morgan fingerprint density at radius 1 is 1.11 bits per heavy atom. The van der Waals surface area contributed by atoms with Gasteiger partial charge in [0.1, 0.15) is 5.75 Å². The van der Waals surface area contributed by atoms with Crippen LogP contribution in [0.4, 0.5) is 5.69 Å². The van der Waals surface area contributed by atoms with Crippen LogP contribution in [0.25, 0.3) is 0 Å². The lowest BCUT2D eigenvalue weighted by Crippen LogP contribution is -2.43. The summed E-state index contributed by atoms with van der Waals surface area (Å²) in [5.41, 5.74) is 8.59. The minimum absolute atomic E-state index is 0.137. The Balaban J connectivity index is 1.62. The number of hydrogen-bond acceptors (Lipinski definition) is 3. The van der Waals surface area contributed by atoms with Crippen molar-refractivity contribution in [2.45, 2.75) is 39.5 Å². The van der Waals surface area contributed by atoms with Crippen molar-refractivity contribution in [3.8, 4) is 5.75 Å². The van der Waals surface area contributed by atoms with Crippen LogP contribution in [0.15, 0.2) is 48.5 Å². The first-order valence-electron chi connectivity index (χ1n) is 9.09. The summed E-state index contributed by atoms with van der Waals surface area (Å²) in [5.74, 6) is 1.17. The van der Waals surface area contributed by atoms with Gasteiger partial charge in [-0.1, -0.05) is 38.1 Å². The van der Waals surface area contributed by atoms with Crippen molar-refractivity contribution < 1.29 is 9.53 Å². The van der Waals surface area contributed by atoms with Gasteiger partial charge in [0.05, 0.1) is 6.61 Å². The molecule has 0 aliphatic heterocycles. The summed E-state index contributed by atoms with van der Waals surface area (Å²) in [6.45, 7) is 6.80. The van der Waals surface area contributed by atoms with Gasteiger partial charge in [-0.2, -0.15) is 0 Å². The van der Waals surface area contributed by atoms with Crippen molar-refractivity contribution >= 4 is 28.9 Å². The Labute approximate surface area is 166 Å². The molecule has 0 fully saturated rings. The second-order valence-corrected chi connectivity index (χ2v) is 7.08. The van der Waals surface area contributed by atoms with E-state index in [2.05, 4.69) is 42.1 Å². The lowest BCUT2D eigenvalue weighted by atomic mass is 10.0. The Morgan fingerprint density at radius 3 is 2.52 bits per heavy atom. The molecule has 0 spiro atoms. The highest BCUT2D eigenvalue weighted by Gasteiger charge is 2.04. The summed E-state index contributed by atoms with van der Waals surface area (Å²) in [6, 6.07) is 15.9. The normalized spacial score (nSPS) is 10.4. The zero-order chi connectivity index (χ0) is 19.6. The highest BCUT2D eigenvalue weighted by molar-refractivity contribution is 7.80. The molecular weight excluding hydrogens is 358 g/mol. The van der Waals surface area contributed by atoms with Gasteiger partial charge in [-0.3, -0.25) is 15.6 Å². The average molecular weight is 386 g/mol. The summed E-state index contributed by atoms with van der Waals surface area (Å²) in [4.78, 5) is 11.9. The van der Waals surface area contributed by atoms with E-state index in [0.717, 1.165) is 17.0 Å². The van der Waals surface area contributed by atoms with Crippen molar-refractivity contribution in [1.82, 2.24) is 10.9 Å². The lowest BCUT2D eigenvalue weighted by molar-refractivity contribution is -0.121. The minimum Gasteiger partial charge on any atom is -0.494 e. The summed E-state index contributed by atoms with van der Waals surface area (Å²) in [5, 5.41) is 3.38. The fourth-order valence-electron chi connectivity index (χ4n) is 2.43. The van der Waals surface area contributed by atoms with E-state index in [1.807, 2.05) is 43.3 Å². The molecule has 0 atom stereocenters. The molecule has 144 valence electrons. The first-order valence-corrected chi connectivity index (χ1v) is 9.50. The summed E-state index contributed by atoms with van der Waals surface area (Å²) >= 11 is 5.19. The topological polar surface area (TPSA) is 62.4 Å². The van der Waals surface area contributed by atoms with Crippen molar-refractivity contribution in [2.75, 3.05) is 11.9 Å². The van der Waals surface area contributed by atoms with E-state index < -0.39 is 0 Å². The van der Waals surface area contributed by atoms with Gasteiger partial charge in [0.15, 0.2) is 5.11 Å². The molecule has 6 heteroatoms. The summed E-state index contributed by atoms with van der Waals surface area (Å²) in [7, 11) is 0. The number of nitrogens with one attached hydrogen (secondary N) is 3. The summed E-state index contributed by atoms with van der Waals surface area (Å²) in [6.07, 6.45) is 0.975. The fraction of sp³-hybridized carbons (Fsp3) is 0.333. The highest BCUT2D eigenvalue weighted by Crippen LogP contribution is 2.17. The highest BCUT2D eigenvalue weighted by atomic mass is 32.1. The molecule has 0 aromatic heterocycles. The van der Waals surface area contributed by atoms with E-state index in [1.165, 1.54) is 5.56 Å². The van der Waals surface area contributed by atoms with E-state index in [9.17, 15) is 4.79 Å². The molecule has 2 aromatic rings. The van der Waals surface area contributed by atoms with E-state index in [4.69, 9.17) is 17.0 Å². The van der Waals surface area contributed by atoms with Crippen LogP contribution in [0.1, 0.15) is 43.7 Å². The van der Waals surface area contributed by atoms with Crippen LogP contribution in [-0.2, 0) is 4.79 Å². The van der Waals surface area contributed by atoms with Crippen molar-refractivity contribution in [3.63, 3.8) is 0 Å². The number of amides is 1. The molecule has 2 rings (SSSR count). The molecule has 0 bridgehead atoms. The maximum Gasteiger partial charge on any atom is 0.238 e. The monoisotopic (exact) mass is 385 g/mol. The predicted octanol–water partition coefficient (Wildman–Crippen LogP) is 4.30. The molecule has 2 aromatic carbocycles. The number of benzene rings is 2. The smallest absolute Gasteiger partial charge is 0.238 e. The number of carbonyl (C=O) groups is 1. The van der Waals surface area contributed by atoms with Crippen LogP contribution >= 0.6 is 12.2 Å². The largest absolute Gasteiger partial charge is 0.494 e. The maximum absolute atomic E-state index is 11.9. The third-order valence-electron chi connectivity index (χ3n) is 3.96. The lowest BCUT2D eigenvalue weighted by Gasteiger charge is -2.13. The third kappa shape index (κ3) is 7.66. The molecule has 0 aliphatic carbocycles. The van der Waals surface area contributed by atoms with Gasteiger partial charge in [-0.15, -0.1) is 0 Å². The van der Waals surface area contributed by atoms with E-state index in [1.54, 1.807) is 0 Å². The zero-order valence-electron chi connectivity index (χ0n) is 16.0. The molecule has 0 saturated heterocycles. The van der Waals surface area contributed by atoms with Crippen molar-refractivity contribution in [3.05, 3.63) is 59.7 Å². The molecule has 0 heterocycles. The first-order chi connectivity index (χ1) is 12.9. The molecule has 0 aliphatic rings. The molecule has 0 unspecified atom stereocenters. The number of rotatable bonds is 7. The number of carbonyl (C=O) groups excluding carboxylic acids is 1. The quantitative estimate of drug-likeness (QED) is 0.377. The molecule has 0 radical (unpaired) electrons. The van der Waals surface area contributed by atoms with Gasteiger partial charge in [0.25, 0.3) is 0 Å². The Bertz CT molecular complexity index is 760. The zero-order valence-corrected chi connectivity index (χ0v) is 16.9. The van der Waals surface area contributed by atoms with Crippen LogP contribution in [0, 0.1) is 6.92 Å². The standard InChI is InChI=1S/C21H27N3O2S/c1-15(2)17-9-11-18(12-10-17)22-21(27)24-23-20(25)8-5-13-26-19-7-4-6-16(3)14-19/h4,6-7,9-12,14-15H,5,8,13H2,1-3H3,(H,23,25)(H2,22,24,27). The predicted molar refractivity (Wildman–Crippen MR) is 114 cm³/mol. The fourth-order valence-corrected chi connectivity index (χ4v) is 2.60. The van der Waals surface area contributed by atoms with E-state index in [-0.39, 0.29) is 5.91 Å². The molecule has 5 nitrogen and oxygen atoms in total. The Morgan fingerprint density at radius 2 is 1.85 bits per heavy atom. The second kappa shape index (κ2) is 10.5. The van der Waals surface area contributed by atoms with Crippen LogP contribution in [0.3, 0.4) is 0 Å². The number of aryl methyl sites for hydroxylation is 1. The van der Waals surface area contributed by atoms with Crippen LogP contribution < -0.4 is 20.9 Å². The van der Waals surface area contributed by atoms with Gasteiger partial charge in [-0.25, -0.2) is 0 Å². The first kappa shape index (κ1) is 20.7. The number of ether oxygens (including phenoxy) is 1. The number of anilines is 1. The molecule has 3 N–H and O–H groups in total. The number of hydrogen-bond donors (Lipinski definition) is 3. The Kier molecular flexibility index (Phi) is 8.07. The third-order valence-corrected chi connectivity index (χ3v) is 4.16. The number of hydrazine groups is 1. The van der Waals surface area contributed by atoms with Gasteiger partial charge in [-0.05, 0) is 66.9 Å². The van der Waals surface area contributed by atoms with Crippen molar-refractivity contribution in [1.29, 1.82) is 0 Å². The molecule has 0 saturated carbocycles. The van der Waals surface area contributed by atoms with Gasteiger partial charge >= 0.3 is 0 Å². The van der Waals surface area contributed by atoms with E-state index in [0.29, 0.717) is 30.5 Å².